The molecule has 0 radical (unpaired) electrons. The lowest BCUT2D eigenvalue weighted by Crippen LogP contribution is -2.40. The van der Waals surface area contributed by atoms with E-state index in [0.29, 0.717) is 21.9 Å². The highest BCUT2D eigenvalue weighted by Crippen LogP contribution is 2.37. The number of rotatable bonds is 17. The Morgan fingerprint density at radius 2 is 1.29 bits per heavy atom. The fourth-order valence-electron chi connectivity index (χ4n) is 4.27. The van der Waals surface area contributed by atoms with Gasteiger partial charge in [0, 0.05) is 0 Å². The summed E-state index contributed by atoms with van der Waals surface area (Å²) < 4.78 is 32.1. The van der Waals surface area contributed by atoms with Crippen LogP contribution in [0.25, 0.3) is 0 Å². The number of hydrogen-bond donors (Lipinski definition) is 1. The maximum atomic E-state index is 13.1. The Hall–Kier alpha value is -1.60. The average molecular weight is 498 g/mol. The van der Waals surface area contributed by atoms with Crippen molar-refractivity contribution in [1.82, 2.24) is 0 Å². The summed E-state index contributed by atoms with van der Waals surface area (Å²) in [5.74, 6) is -0.0929. The van der Waals surface area contributed by atoms with E-state index in [1.54, 1.807) is 19.1 Å². The van der Waals surface area contributed by atoms with E-state index >= 15 is 0 Å². The lowest BCUT2D eigenvalue weighted by Gasteiger charge is -2.27. The Kier molecular flexibility index (Phi) is 13.8. The highest BCUT2D eigenvalue weighted by Gasteiger charge is 2.36. The Bertz CT molecular complexity index is 809. The number of carboxylic acid groups (broad SMARTS) is 1. The minimum Gasteiger partial charge on any atom is -0.464 e. The Morgan fingerprint density at radius 3 is 1.71 bits per heavy atom. The van der Waals surface area contributed by atoms with Crippen LogP contribution in [0.5, 0.6) is 0 Å². The van der Waals surface area contributed by atoms with E-state index in [4.69, 9.17) is 4.18 Å². The highest BCUT2D eigenvalue weighted by atomic mass is 32.2. The van der Waals surface area contributed by atoms with Crippen LogP contribution in [0.4, 0.5) is 10.5 Å². The van der Waals surface area contributed by atoms with Crippen LogP contribution in [0.1, 0.15) is 135 Å². The fraction of sp³-hybridized carbons (Fsp3) is 0.741. The van der Waals surface area contributed by atoms with Crippen molar-refractivity contribution in [2.45, 2.75) is 130 Å². The second-order valence-corrected chi connectivity index (χ2v) is 11.4. The summed E-state index contributed by atoms with van der Waals surface area (Å²) in [4.78, 5) is 12.2. The zero-order chi connectivity index (χ0) is 25.7. The van der Waals surface area contributed by atoms with Crippen molar-refractivity contribution in [1.29, 1.82) is 0 Å². The maximum absolute atomic E-state index is 13.1. The third-order valence-electron chi connectivity index (χ3n) is 6.19. The van der Waals surface area contributed by atoms with Gasteiger partial charge in [0.1, 0.15) is 0 Å². The first-order chi connectivity index (χ1) is 16.0. The molecule has 34 heavy (non-hydrogen) atoms. The fourth-order valence-corrected chi connectivity index (χ4v) is 5.49. The molecule has 1 rings (SSSR count). The van der Waals surface area contributed by atoms with Crippen LogP contribution < -0.4 is 4.31 Å². The van der Waals surface area contributed by atoms with Crippen LogP contribution in [0.3, 0.4) is 0 Å². The molecule has 1 aromatic carbocycles. The molecule has 0 bridgehead atoms. The van der Waals surface area contributed by atoms with Gasteiger partial charge in [0.2, 0.25) is 0 Å². The molecule has 0 fully saturated rings. The first-order valence-electron chi connectivity index (χ1n) is 13.1. The van der Waals surface area contributed by atoms with Crippen molar-refractivity contribution in [2.75, 3.05) is 4.31 Å². The number of benzene rings is 1. The van der Waals surface area contributed by atoms with Crippen molar-refractivity contribution in [2.24, 2.45) is 0 Å². The molecule has 0 aromatic heterocycles. The molecule has 1 amide bonds. The number of amides is 1. The predicted molar refractivity (Wildman–Crippen MR) is 141 cm³/mol. The molecule has 0 saturated heterocycles. The van der Waals surface area contributed by atoms with Gasteiger partial charge in [-0.15, -0.1) is 4.31 Å². The summed E-state index contributed by atoms with van der Waals surface area (Å²) in [5.41, 5.74) is 1.54. The van der Waals surface area contributed by atoms with Gasteiger partial charge in [-0.1, -0.05) is 117 Å². The predicted octanol–water partition coefficient (Wildman–Crippen LogP) is 8.38. The molecule has 1 atom stereocenters. The summed E-state index contributed by atoms with van der Waals surface area (Å²) in [6.07, 6.45) is 10.4. The molecule has 6 nitrogen and oxygen atoms in total. The minimum atomic E-state index is -4.51. The zero-order valence-electron chi connectivity index (χ0n) is 22.2. The van der Waals surface area contributed by atoms with Crippen molar-refractivity contribution in [3.05, 3.63) is 29.3 Å². The highest BCUT2D eigenvalue weighted by molar-refractivity contribution is 7.89. The third kappa shape index (κ3) is 9.95. The van der Waals surface area contributed by atoms with Gasteiger partial charge in [0.15, 0.2) is 0 Å². The standard InChI is InChI=1S/C27H47NO5S/c1-7-8-9-10-11-12-13-14-15-16-18-23(6)33-34(31,32)28(27(29)30)26-24(21(2)3)19-17-20-25(26)22(4)5/h17,19-23H,7-16,18H2,1-6H3,(H,29,30). The van der Waals surface area contributed by atoms with Gasteiger partial charge in [-0.25, -0.2) is 4.79 Å². The quantitative estimate of drug-likeness (QED) is 0.218. The normalized spacial score (nSPS) is 12.9. The average Bonchev–Trinajstić information content (AvgIpc) is 2.74. The van der Waals surface area contributed by atoms with Gasteiger partial charge in [0.05, 0.1) is 11.8 Å². The molecule has 1 unspecified atom stereocenters. The van der Waals surface area contributed by atoms with E-state index in [1.807, 2.05) is 33.8 Å². The molecule has 0 aliphatic heterocycles. The molecule has 7 heteroatoms. The third-order valence-corrected chi connectivity index (χ3v) is 7.55. The molecular weight excluding hydrogens is 450 g/mol. The minimum absolute atomic E-state index is 0.0465. The molecule has 0 aliphatic rings. The lowest BCUT2D eigenvalue weighted by molar-refractivity contribution is 0.196. The smallest absolute Gasteiger partial charge is 0.427 e. The van der Waals surface area contributed by atoms with Crippen molar-refractivity contribution in [3.8, 4) is 0 Å². The second-order valence-electron chi connectivity index (χ2n) is 9.98. The molecule has 0 aliphatic carbocycles. The number of unbranched alkanes of at least 4 members (excludes halogenated alkanes) is 9. The van der Waals surface area contributed by atoms with Crippen molar-refractivity contribution in [3.63, 3.8) is 0 Å². The van der Waals surface area contributed by atoms with Gasteiger partial charge in [-0.3, -0.25) is 4.18 Å². The lowest BCUT2D eigenvalue weighted by atomic mass is 9.93. The Balaban J connectivity index is 2.75. The first-order valence-corrected chi connectivity index (χ1v) is 14.5. The monoisotopic (exact) mass is 497 g/mol. The molecule has 196 valence electrons. The van der Waals surface area contributed by atoms with Gasteiger partial charge in [0.25, 0.3) is 0 Å². The van der Waals surface area contributed by atoms with Crippen LogP contribution in [0.15, 0.2) is 18.2 Å². The van der Waals surface area contributed by atoms with E-state index in [0.717, 1.165) is 19.3 Å². The van der Waals surface area contributed by atoms with E-state index in [9.17, 15) is 18.3 Å². The summed E-state index contributed by atoms with van der Waals surface area (Å²) in [7, 11) is -4.51. The van der Waals surface area contributed by atoms with Gasteiger partial charge in [-0.2, -0.15) is 8.42 Å². The number of carbonyl (C=O) groups is 1. The number of para-hydroxylation sites is 1. The van der Waals surface area contributed by atoms with Crippen LogP contribution in [-0.2, 0) is 14.5 Å². The van der Waals surface area contributed by atoms with Crippen LogP contribution in [0, 0.1) is 0 Å². The van der Waals surface area contributed by atoms with Crippen LogP contribution in [-0.4, -0.2) is 25.7 Å². The van der Waals surface area contributed by atoms with Crippen molar-refractivity contribution >= 4 is 22.1 Å². The molecule has 0 heterocycles. The first kappa shape index (κ1) is 30.4. The number of anilines is 1. The largest absolute Gasteiger partial charge is 0.464 e. The summed E-state index contributed by atoms with van der Waals surface area (Å²) in [5, 5.41) is 9.92. The Morgan fingerprint density at radius 1 is 0.853 bits per heavy atom. The summed E-state index contributed by atoms with van der Waals surface area (Å²) >= 11 is 0. The maximum Gasteiger partial charge on any atom is 0.427 e. The molecular formula is C27H47NO5S. The summed E-state index contributed by atoms with van der Waals surface area (Å²) in [6, 6.07) is 5.41. The van der Waals surface area contributed by atoms with E-state index in [-0.39, 0.29) is 17.5 Å². The SMILES string of the molecule is CCCCCCCCCCCCC(C)OS(=O)(=O)N(C(=O)O)c1c(C(C)C)cccc1C(C)C. The molecule has 0 saturated carbocycles. The second kappa shape index (κ2) is 15.4. The molecule has 0 spiro atoms. The number of hydrogen-bond acceptors (Lipinski definition) is 4. The zero-order valence-corrected chi connectivity index (χ0v) is 23.0. The molecule has 1 N–H and O–H groups in total. The van der Waals surface area contributed by atoms with Crippen LogP contribution >= 0.6 is 0 Å². The summed E-state index contributed by atoms with van der Waals surface area (Å²) in [6.45, 7) is 11.6. The van der Waals surface area contributed by atoms with Gasteiger partial charge < -0.3 is 5.11 Å². The van der Waals surface area contributed by atoms with E-state index in [2.05, 4.69) is 6.92 Å². The van der Waals surface area contributed by atoms with Gasteiger partial charge in [-0.05, 0) is 36.3 Å². The topological polar surface area (TPSA) is 83.9 Å². The van der Waals surface area contributed by atoms with Gasteiger partial charge >= 0.3 is 16.4 Å². The Labute approximate surface area is 208 Å². The van der Waals surface area contributed by atoms with E-state index < -0.39 is 22.5 Å². The van der Waals surface area contributed by atoms with E-state index in [1.165, 1.54) is 44.9 Å². The molecule has 1 aromatic rings. The van der Waals surface area contributed by atoms with Crippen LogP contribution in [0.2, 0.25) is 0 Å². The number of nitrogens with zero attached hydrogens (tertiary/aromatic N) is 1. The van der Waals surface area contributed by atoms with Crippen molar-refractivity contribution < 1.29 is 22.5 Å².